The van der Waals surface area contributed by atoms with Crippen LogP contribution in [0.2, 0.25) is 0 Å². The molecule has 1 aromatic carbocycles. The van der Waals surface area contributed by atoms with Crippen molar-refractivity contribution in [2.24, 2.45) is 0 Å². The summed E-state index contributed by atoms with van der Waals surface area (Å²) in [6.07, 6.45) is 0.755. The van der Waals surface area contributed by atoms with E-state index in [4.69, 9.17) is 4.74 Å². The molecule has 1 aromatic rings. The molecular weight excluding hydrogens is 348 g/mol. The summed E-state index contributed by atoms with van der Waals surface area (Å²) in [5.41, 5.74) is -0.790. The highest BCUT2D eigenvalue weighted by Crippen LogP contribution is 2.30. The fourth-order valence-electron chi connectivity index (χ4n) is 2.30. The first-order valence-electron chi connectivity index (χ1n) is 6.85. The summed E-state index contributed by atoms with van der Waals surface area (Å²) in [6, 6.07) is 4.95. The Bertz CT molecular complexity index is 673. The molecule has 1 aliphatic rings. The largest absolute Gasteiger partial charge is 0.376 e. The Kier molecular flexibility index (Phi) is 5.64. The van der Waals surface area contributed by atoms with Crippen molar-refractivity contribution in [3.05, 3.63) is 29.8 Å². The molecule has 0 aromatic heterocycles. The molecule has 23 heavy (non-hydrogen) atoms. The summed E-state index contributed by atoms with van der Waals surface area (Å²) >= 11 is 1.69. The van der Waals surface area contributed by atoms with E-state index in [1.807, 2.05) is 0 Å². The first kappa shape index (κ1) is 18.2. The van der Waals surface area contributed by atoms with Crippen LogP contribution >= 0.6 is 11.8 Å². The number of amides is 1. The van der Waals surface area contributed by atoms with Gasteiger partial charge in [0, 0.05) is 19.4 Å². The van der Waals surface area contributed by atoms with Crippen LogP contribution in [-0.4, -0.2) is 50.8 Å². The van der Waals surface area contributed by atoms with E-state index in [-0.39, 0.29) is 12.1 Å². The highest BCUT2D eigenvalue weighted by Gasteiger charge is 2.36. The van der Waals surface area contributed by atoms with Gasteiger partial charge in [0.15, 0.2) is 0 Å². The van der Waals surface area contributed by atoms with E-state index < -0.39 is 32.0 Å². The predicted molar refractivity (Wildman–Crippen MR) is 83.6 cm³/mol. The van der Waals surface area contributed by atoms with Gasteiger partial charge in [0.25, 0.3) is 5.91 Å². The average Bonchev–Trinajstić information content (AvgIpc) is 3.02. The Labute approximate surface area is 137 Å². The van der Waals surface area contributed by atoms with Crippen molar-refractivity contribution in [2.75, 3.05) is 25.2 Å². The number of hydrogen-bond acceptors (Lipinski definition) is 5. The van der Waals surface area contributed by atoms with Crippen LogP contribution in [0.15, 0.2) is 29.2 Å². The molecule has 1 amide bonds. The molecule has 1 atom stereocenters. The smallest absolute Gasteiger partial charge is 0.341 e. The zero-order valence-electron chi connectivity index (χ0n) is 12.4. The first-order chi connectivity index (χ1) is 10.8. The molecule has 0 aliphatic carbocycles. The summed E-state index contributed by atoms with van der Waals surface area (Å²) in [5.74, 6) is -2.67. The van der Waals surface area contributed by atoms with Gasteiger partial charge in [0.05, 0.1) is 16.1 Å². The molecule has 128 valence electrons. The highest BCUT2D eigenvalue weighted by atomic mass is 32.2. The van der Waals surface area contributed by atoms with Gasteiger partial charge in [-0.25, -0.2) is 8.42 Å². The van der Waals surface area contributed by atoms with Crippen molar-refractivity contribution in [1.82, 2.24) is 5.32 Å². The van der Waals surface area contributed by atoms with Crippen molar-refractivity contribution < 1.29 is 26.7 Å². The van der Waals surface area contributed by atoms with E-state index in [2.05, 4.69) is 5.32 Å². The van der Waals surface area contributed by atoms with Crippen molar-refractivity contribution in [3.8, 4) is 0 Å². The number of sulfone groups is 1. The highest BCUT2D eigenvalue weighted by molar-refractivity contribution is 7.99. The molecule has 0 unspecified atom stereocenters. The second kappa shape index (κ2) is 7.14. The number of thioether (sulfide) groups is 1. The normalized spacial score (nSPS) is 21.6. The first-order valence-corrected chi connectivity index (χ1v) is 9.55. The van der Waals surface area contributed by atoms with Crippen LogP contribution in [0.25, 0.3) is 0 Å². The molecular formula is C14H17F2NO4S2. The lowest BCUT2D eigenvalue weighted by atomic mass is 10.0. The van der Waals surface area contributed by atoms with Gasteiger partial charge in [-0.2, -0.15) is 20.5 Å². The SMILES string of the molecule is CO[C@@]1(CNC(=O)c2ccccc2S(=O)(=O)C(F)F)CCSC1. The van der Waals surface area contributed by atoms with Crippen LogP contribution in [0.3, 0.4) is 0 Å². The van der Waals surface area contributed by atoms with Crippen molar-refractivity contribution in [3.63, 3.8) is 0 Å². The van der Waals surface area contributed by atoms with Gasteiger partial charge in [-0.3, -0.25) is 4.79 Å². The standard InChI is InChI=1S/C14H17F2NO4S2/c1-21-14(6-7-22-9-14)8-17-12(18)10-4-2-3-5-11(10)23(19,20)13(15)16/h2-5,13H,6-9H2,1H3,(H,17,18)/t14-/m1/s1. The third-order valence-corrected chi connectivity index (χ3v) is 6.41. The van der Waals surface area contributed by atoms with E-state index in [1.54, 1.807) is 18.9 Å². The topological polar surface area (TPSA) is 72.5 Å². The summed E-state index contributed by atoms with van der Waals surface area (Å²) in [7, 11) is -3.29. The van der Waals surface area contributed by atoms with Gasteiger partial charge in [-0.05, 0) is 24.3 Å². The predicted octanol–water partition coefficient (Wildman–Crippen LogP) is 1.93. The summed E-state index contributed by atoms with van der Waals surface area (Å²) in [5, 5.41) is 2.60. The number of rotatable bonds is 6. The van der Waals surface area contributed by atoms with Crippen LogP contribution in [0.4, 0.5) is 8.78 Å². The Hall–Kier alpha value is -1.19. The molecule has 0 radical (unpaired) electrons. The number of methoxy groups -OCH3 is 1. The van der Waals surface area contributed by atoms with E-state index in [0.717, 1.165) is 18.2 Å². The number of benzene rings is 1. The lowest BCUT2D eigenvalue weighted by Gasteiger charge is -2.27. The van der Waals surface area contributed by atoms with Gasteiger partial charge in [0.1, 0.15) is 0 Å². The number of carbonyl (C=O) groups excluding carboxylic acids is 1. The molecule has 0 bridgehead atoms. The third kappa shape index (κ3) is 3.84. The molecule has 1 saturated heterocycles. The van der Waals surface area contributed by atoms with Gasteiger partial charge in [-0.1, -0.05) is 12.1 Å². The fraction of sp³-hybridized carbons (Fsp3) is 0.500. The van der Waals surface area contributed by atoms with Crippen LogP contribution in [0, 0.1) is 0 Å². The number of carbonyl (C=O) groups is 1. The van der Waals surface area contributed by atoms with Gasteiger partial charge in [-0.15, -0.1) is 0 Å². The molecule has 1 heterocycles. The second-order valence-corrected chi connectivity index (χ2v) is 8.17. The Morgan fingerprint density at radius 2 is 2.13 bits per heavy atom. The van der Waals surface area contributed by atoms with Gasteiger partial charge >= 0.3 is 5.76 Å². The van der Waals surface area contributed by atoms with E-state index in [9.17, 15) is 22.0 Å². The van der Waals surface area contributed by atoms with Crippen molar-refractivity contribution in [1.29, 1.82) is 0 Å². The quantitative estimate of drug-likeness (QED) is 0.834. The third-order valence-electron chi connectivity index (χ3n) is 3.74. The zero-order chi connectivity index (χ0) is 17.1. The Balaban J connectivity index is 2.21. The second-order valence-electron chi connectivity index (χ2n) is 5.17. The minimum atomic E-state index is -4.84. The lowest BCUT2D eigenvalue weighted by molar-refractivity contribution is 0.0137. The van der Waals surface area contributed by atoms with Crippen molar-refractivity contribution in [2.45, 2.75) is 22.7 Å². The molecule has 5 nitrogen and oxygen atoms in total. The van der Waals surface area contributed by atoms with E-state index in [0.29, 0.717) is 5.75 Å². The Morgan fingerprint density at radius 1 is 1.43 bits per heavy atom. The van der Waals surface area contributed by atoms with Crippen LogP contribution in [-0.2, 0) is 14.6 Å². The molecule has 9 heteroatoms. The van der Waals surface area contributed by atoms with Crippen LogP contribution in [0.1, 0.15) is 16.8 Å². The maximum absolute atomic E-state index is 12.7. The molecule has 1 N–H and O–H groups in total. The lowest BCUT2D eigenvalue weighted by Crippen LogP contribution is -2.44. The fourth-order valence-corrected chi connectivity index (χ4v) is 4.62. The van der Waals surface area contributed by atoms with Crippen LogP contribution in [0.5, 0.6) is 0 Å². The number of nitrogens with one attached hydrogen (secondary N) is 1. The molecule has 0 saturated carbocycles. The number of hydrogen-bond donors (Lipinski definition) is 1. The number of alkyl halides is 2. The Morgan fingerprint density at radius 3 is 2.70 bits per heavy atom. The number of ether oxygens (including phenoxy) is 1. The van der Waals surface area contributed by atoms with Gasteiger partial charge < -0.3 is 10.1 Å². The van der Waals surface area contributed by atoms with Gasteiger partial charge in [0.2, 0.25) is 9.84 Å². The van der Waals surface area contributed by atoms with Crippen molar-refractivity contribution >= 4 is 27.5 Å². The molecule has 1 fully saturated rings. The minimum Gasteiger partial charge on any atom is -0.376 e. The van der Waals surface area contributed by atoms with Crippen LogP contribution < -0.4 is 5.32 Å². The average molecular weight is 365 g/mol. The minimum absolute atomic E-state index is 0.193. The monoisotopic (exact) mass is 365 g/mol. The summed E-state index contributed by atoms with van der Waals surface area (Å²) < 4.78 is 54.3. The maximum Gasteiger partial charge on any atom is 0.341 e. The summed E-state index contributed by atoms with van der Waals surface area (Å²) in [6.45, 7) is 0.193. The summed E-state index contributed by atoms with van der Waals surface area (Å²) in [4.78, 5) is 11.6. The maximum atomic E-state index is 12.7. The molecule has 0 spiro atoms. The molecule has 2 rings (SSSR count). The zero-order valence-corrected chi connectivity index (χ0v) is 14.1. The van der Waals surface area contributed by atoms with E-state index in [1.165, 1.54) is 18.2 Å². The number of halogens is 2. The van der Waals surface area contributed by atoms with E-state index >= 15 is 0 Å². The molecule has 1 aliphatic heterocycles.